The molecule has 0 aliphatic carbocycles. The van der Waals surface area contributed by atoms with E-state index in [4.69, 9.17) is 10.6 Å². The van der Waals surface area contributed by atoms with Gasteiger partial charge in [-0.05, 0) is 47.0 Å². The zero-order valence-corrected chi connectivity index (χ0v) is 17.2. The number of benzene rings is 2. The molecule has 0 unspecified atom stereocenters. The number of pyridine rings is 1. The van der Waals surface area contributed by atoms with Crippen LogP contribution in [0.25, 0.3) is 22.5 Å². The summed E-state index contributed by atoms with van der Waals surface area (Å²) in [5.74, 6) is 0.158. The van der Waals surface area contributed by atoms with Crippen molar-refractivity contribution in [1.29, 1.82) is 0 Å². The zero-order chi connectivity index (χ0) is 22.7. The fourth-order valence-electron chi connectivity index (χ4n) is 3.58. The SMILES string of the molecule is CNOC/C=C(\c1ccccc1)c1ccc2nc(N)c(-c3cccc(C(F)(F)F)c3)n2c1. The largest absolute Gasteiger partial charge is 0.416 e. The third kappa shape index (κ3) is 4.37. The molecule has 5 nitrogen and oxygen atoms in total. The summed E-state index contributed by atoms with van der Waals surface area (Å²) < 4.78 is 41.5. The van der Waals surface area contributed by atoms with Crippen LogP contribution in [0.5, 0.6) is 0 Å². The van der Waals surface area contributed by atoms with E-state index in [1.807, 2.05) is 48.7 Å². The van der Waals surface area contributed by atoms with Crippen LogP contribution in [0.15, 0.2) is 79.0 Å². The standard InChI is InChI=1S/C24H21F3N4O/c1-29-32-13-12-20(16-6-3-2-4-7-16)18-10-11-21-30-23(28)22(31(21)15-18)17-8-5-9-19(14-17)24(25,26)27/h2-12,14-15,29H,13,28H2,1H3/b20-12+. The lowest BCUT2D eigenvalue weighted by molar-refractivity contribution is -0.137. The van der Waals surface area contributed by atoms with Crippen molar-refractivity contribution >= 4 is 17.0 Å². The van der Waals surface area contributed by atoms with Crippen LogP contribution in [-0.4, -0.2) is 23.0 Å². The minimum atomic E-state index is -4.45. The predicted molar refractivity (Wildman–Crippen MR) is 119 cm³/mol. The number of imidazole rings is 1. The molecule has 0 aliphatic heterocycles. The molecule has 0 aliphatic rings. The Bertz CT molecular complexity index is 1260. The summed E-state index contributed by atoms with van der Waals surface area (Å²) in [4.78, 5) is 9.60. The lowest BCUT2D eigenvalue weighted by atomic mass is 9.99. The van der Waals surface area contributed by atoms with E-state index in [1.165, 1.54) is 6.07 Å². The molecule has 0 spiro atoms. The summed E-state index contributed by atoms with van der Waals surface area (Å²) >= 11 is 0. The smallest absolute Gasteiger partial charge is 0.382 e. The maximum Gasteiger partial charge on any atom is 0.416 e. The van der Waals surface area contributed by atoms with Gasteiger partial charge >= 0.3 is 6.18 Å². The Labute approximate surface area is 182 Å². The van der Waals surface area contributed by atoms with Gasteiger partial charge in [0, 0.05) is 18.8 Å². The summed E-state index contributed by atoms with van der Waals surface area (Å²) in [7, 11) is 1.68. The van der Waals surface area contributed by atoms with Crippen molar-refractivity contribution in [2.24, 2.45) is 0 Å². The molecule has 4 rings (SSSR count). The molecule has 32 heavy (non-hydrogen) atoms. The van der Waals surface area contributed by atoms with Gasteiger partial charge in [-0.1, -0.05) is 42.5 Å². The number of rotatable bonds is 6. The van der Waals surface area contributed by atoms with Crippen LogP contribution < -0.4 is 11.2 Å². The molecular formula is C24H21F3N4O. The number of alkyl halides is 3. The fraction of sp³-hybridized carbons (Fsp3) is 0.125. The van der Waals surface area contributed by atoms with Crippen LogP contribution in [-0.2, 0) is 11.0 Å². The number of halogens is 3. The Morgan fingerprint density at radius 3 is 2.56 bits per heavy atom. The van der Waals surface area contributed by atoms with E-state index >= 15 is 0 Å². The first-order chi connectivity index (χ1) is 15.4. The van der Waals surface area contributed by atoms with E-state index in [0.717, 1.165) is 28.8 Å². The van der Waals surface area contributed by atoms with Crippen molar-refractivity contribution in [1.82, 2.24) is 14.9 Å². The van der Waals surface area contributed by atoms with Gasteiger partial charge in [-0.25, -0.2) is 10.5 Å². The van der Waals surface area contributed by atoms with Gasteiger partial charge in [0.25, 0.3) is 0 Å². The van der Waals surface area contributed by atoms with Gasteiger partial charge in [0.05, 0.1) is 17.9 Å². The summed E-state index contributed by atoms with van der Waals surface area (Å²) in [5.41, 5.74) is 12.0. The highest BCUT2D eigenvalue weighted by Crippen LogP contribution is 2.35. The number of hydrogen-bond acceptors (Lipinski definition) is 4. The van der Waals surface area contributed by atoms with Gasteiger partial charge in [0.15, 0.2) is 5.82 Å². The topological polar surface area (TPSA) is 64.6 Å². The third-order valence-electron chi connectivity index (χ3n) is 5.02. The van der Waals surface area contributed by atoms with Crippen LogP contribution in [0.2, 0.25) is 0 Å². The maximum atomic E-state index is 13.3. The van der Waals surface area contributed by atoms with E-state index in [2.05, 4.69) is 10.5 Å². The van der Waals surface area contributed by atoms with Crippen LogP contribution in [0.3, 0.4) is 0 Å². The van der Waals surface area contributed by atoms with Crippen molar-refractivity contribution in [3.63, 3.8) is 0 Å². The van der Waals surface area contributed by atoms with Crippen molar-refractivity contribution in [3.05, 3.63) is 95.7 Å². The van der Waals surface area contributed by atoms with Gasteiger partial charge in [-0.15, -0.1) is 0 Å². The van der Waals surface area contributed by atoms with Crippen LogP contribution in [0.4, 0.5) is 19.0 Å². The number of aromatic nitrogens is 2. The average molecular weight is 438 g/mol. The van der Waals surface area contributed by atoms with Crippen molar-refractivity contribution in [2.75, 3.05) is 19.4 Å². The summed E-state index contributed by atoms with van der Waals surface area (Å²) in [6.45, 7) is 0.325. The quantitative estimate of drug-likeness (QED) is 0.321. The molecule has 2 aromatic heterocycles. The van der Waals surface area contributed by atoms with E-state index in [0.29, 0.717) is 23.5 Å². The molecule has 0 bridgehead atoms. The Balaban J connectivity index is 1.86. The number of nitrogen functional groups attached to an aromatic ring is 1. The Morgan fingerprint density at radius 2 is 1.84 bits per heavy atom. The molecule has 2 heterocycles. The van der Waals surface area contributed by atoms with E-state index in [1.54, 1.807) is 23.6 Å². The maximum absolute atomic E-state index is 13.3. The van der Waals surface area contributed by atoms with Gasteiger partial charge in [-0.2, -0.15) is 13.2 Å². The molecule has 2 aromatic carbocycles. The van der Waals surface area contributed by atoms with E-state index < -0.39 is 11.7 Å². The molecule has 0 saturated heterocycles. The predicted octanol–water partition coefficient (Wildman–Crippen LogP) is 5.19. The lowest BCUT2D eigenvalue weighted by Crippen LogP contribution is -2.07. The molecule has 164 valence electrons. The first kappa shape index (κ1) is 21.6. The first-order valence-corrected chi connectivity index (χ1v) is 9.88. The highest BCUT2D eigenvalue weighted by molar-refractivity contribution is 5.82. The third-order valence-corrected chi connectivity index (χ3v) is 5.02. The van der Waals surface area contributed by atoms with Crippen LogP contribution in [0.1, 0.15) is 16.7 Å². The van der Waals surface area contributed by atoms with Gasteiger partial charge < -0.3 is 5.73 Å². The Hall–Kier alpha value is -3.62. The molecule has 4 aromatic rings. The molecule has 0 atom stereocenters. The van der Waals surface area contributed by atoms with Crippen LogP contribution >= 0.6 is 0 Å². The molecule has 8 heteroatoms. The Kier molecular flexibility index (Phi) is 5.98. The minimum Gasteiger partial charge on any atom is -0.382 e. The van der Waals surface area contributed by atoms with Gasteiger partial charge in [-0.3, -0.25) is 9.24 Å². The number of fused-ring (bicyclic) bond motifs is 1. The molecule has 3 N–H and O–H groups in total. The van der Waals surface area contributed by atoms with E-state index in [9.17, 15) is 13.2 Å². The number of nitrogens with one attached hydrogen (secondary N) is 1. The average Bonchev–Trinajstić information content (AvgIpc) is 3.12. The number of hydrogen-bond donors (Lipinski definition) is 2. The summed E-state index contributed by atoms with van der Waals surface area (Å²) in [5, 5.41) is 0. The number of anilines is 1. The van der Waals surface area contributed by atoms with Crippen molar-refractivity contribution in [3.8, 4) is 11.3 Å². The molecular weight excluding hydrogens is 417 g/mol. The molecule has 0 amide bonds. The highest BCUT2D eigenvalue weighted by Gasteiger charge is 2.31. The van der Waals surface area contributed by atoms with Crippen molar-refractivity contribution in [2.45, 2.75) is 6.18 Å². The molecule has 0 saturated carbocycles. The van der Waals surface area contributed by atoms with Crippen LogP contribution in [0, 0.1) is 0 Å². The monoisotopic (exact) mass is 438 g/mol. The molecule has 0 radical (unpaired) electrons. The second-order valence-electron chi connectivity index (χ2n) is 7.07. The summed E-state index contributed by atoms with van der Waals surface area (Å²) in [6.07, 6.45) is -0.698. The number of nitrogens with zero attached hydrogens (tertiary/aromatic N) is 2. The Morgan fingerprint density at radius 1 is 1.06 bits per heavy atom. The number of hydroxylamine groups is 1. The minimum absolute atomic E-state index is 0.158. The normalized spacial score (nSPS) is 12.4. The highest BCUT2D eigenvalue weighted by atomic mass is 19.4. The summed E-state index contributed by atoms with van der Waals surface area (Å²) in [6, 6.07) is 18.5. The van der Waals surface area contributed by atoms with Gasteiger partial charge in [0.1, 0.15) is 5.65 Å². The second kappa shape index (κ2) is 8.86. The van der Waals surface area contributed by atoms with E-state index in [-0.39, 0.29) is 5.82 Å². The second-order valence-corrected chi connectivity index (χ2v) is 7.07. The number of nitrogens with two attached hydrogens (primary N) is 1. The molecule has 0 fully saturated rings. The first-order valence-electron chi connectivity index (χ1n) is 9.88. The zero-order valence-electron chi connectivity index (χ0n) is 17.2. The van der Waals surface area contributed by atoms with Gasteiger partial charge in [0.2, 0.25) is 0 Å². The fourth-order valence-corrected chi connectivity index (χ4v) is 3.58. The van der Waals surface area contributed by atoms with Crippen molar-refractivity contribution < 1.29 is 18.0 Å². The lowest BCUT2D eigenvalue weighted by Gasteiger charge is -2.12.